The summed E-state index contributed by atoms with van der Waals surface area (Å²) in [6, 6.07) is 0. The number of carbonyl (C=O) groups excluding carboxylic acids is 1. The number of imidazole rings is 1. The minimum absolute atomic E-state index is 0.134. The first-order valence-corrected chi connectivity index (χ1v) is 5.11. The molecule has 0 fully saturated rings. The van der Waals surface area contributed by atoms with Crippen LogP contribution in [0.25, 0.3) is 0 Å². The highest BCUT2D eigenvalue weighted by Gasteiger charge is 2.08. The first kappa shape index (κ1) is 12.2. The minimum Gasteiger partial charge on any atom is -0.347 e. The summed E-state index contributed by atoms with van der Waals surface area (Å²) in [7, 11) is 0. The number of amides is 1. The number of carbonyl (C=O) groups is 1. The van der Waals surface area contributed by atoms with Gasteiger partial charge < -0.3 is 9.88 Å². The lowest BCUT2D eigenvalue weighted by Gasteiger charge is -2.08. The van der Waals surface area contributed by atoms with Gasteiger partial charge in [0.2, 0.25) is 5.91 Å². The van der Waals surface area contributed by atoms with Gasteiger partial charge in [0.15, 0.2) is 0 Å². The Kier molecular flexibility index (Phi) is 4.05. The molecule has 0 radical (unpaired) electrons. The van der Waals surface area contributed by atoms with Crippen molar-refractivity contribution in [2.24, 2.45) is 0 Å². The van der Waals surface area contributed by atoms with Gasteiger partial charge in [-0.15, -0.1) is 6.58 Å². The van der Waals surface area contributed by atoms with Crippen LogP contribution in [0.1, 0.15) is 18.3 Å². The summed E-state index contributed by atoms with van der Waals surface area (Å²) in [4.78, 5) is 15.6. The number of rotatable bonds is 5. The van der Waals surface area contributed by atoms with Gasteiger partial charge in [-0.05, 0) is 13.8 Å². The largest absolute Gasteiger partial charge is 0.347 e. The van der Waals surface area contributed by atoms with E-state index in [1.165, 1.54) is 0 Å². The van der Waals surface area contributed by atoms with Crippen molar-refractivity contribution < 1.29 is 4.79 Å². The quantitative estimate of drug-likeness (QED) is 0.603. The average molecular weight is 219 g/mol. The molecule has 0 atom stereocenters. The van der Waals surface area contributed by atoms with Crippen LogP contribution < -0.4 is 5.32 Å². The first-order chi connectivity index (χ1) is 7.56. The summed E-state index contributed by atoms with van der Waals surface area (Å²) in [6.45, 7) is 12.0. The second-order valence-corrected chi connectivity index (χ2v) is 3.68. The van der Waals surface area contributed by atoms with Gasteiger partial charge in [0.25, 0.3) is 0 Å². The summed E-state index contributed by atoms with van der Waals surface area (Å²) < 4.78 is 1.96. The normalized spacial score (nSPS) is 9.88. The minimum atomic E-state index is -0.134. The van der Waals surface area contributed by atoms with E-state index in [9.17, 15) is 4.79 Å². The van der Waals surface area contributed by atoms with Gasteiger partial charge in [-0.25, -0.2) is 4.98 Å². The monoisotopic (exact) mass is 219 g/mol. The maximum atomic E-state index is 11.4. The van der Waals surface area contributed by atoms with Gasteiger partial charge in [0.1, 0.15) is 0 Å². The van der Waals surface area contributed by atoms with Crippen LogP contribution in [0.15, 0.2) is 31.1 Å². The molecule has 4 heteroatoms. The Morgan fingerprint density at radius 3 is 2.94 bits per heavy atom. The molecule has 1 heterocycles. The molecule has 16 heavy (non-hydrogen) atoms. The number of hydrogen-bond donors (Lipinski definition) is 1. The van der Waals surface area contributed by atoms with Crippen LogP contribution in [0.2, 0.25) is 0 Å². The van der Waals surface area contributed by atoms with E-state index >= 15 is 0 Å². The van der Waals surface area contributed by atoms with Gasteiger partial charge >= 0.3 is 0 Å². The second-order valence-electron chi connectivity index (χ2n) is 3.68. The average Bonchev–Trinajstić information content (AvgIpc) is 2.57. The molecule has 0 aliphatic rings. The third-order valence-electron chi connectivity index (χ3n) is 2.28. The van der Waals surface area contributed by atoms with E-state index < -0.39 is 0 Å². The molecule has 1 aromatic heterocycles. The van der Waals surface area contributed by atoms with Crippen molar-refractivity contribution >= 4 is 5.91 Å². The lowest BCUT2D eigenvalue weighted by Crippen LogP contribution is -2.24. The molecule has 86 valence electrons. The molecule has 0 aliphatic carbocycles. The van der Waals surface area contributed by atoms with Crippen molar-refractivity contribution in [3.63, 3.8) is 0 Å². The van der Waals surface area contributed by atoms with E-state index in [0.717, 1.165) is 11.4 Å². The van der Waals surface area contributed by atoms with E-state index in [2.05, 4.69) is 23.5 Å². The highest BCUT2D eigenvalue weighted by Crippen LogP contribution is 2.06. The summed E-state index contributed by atoms with van der Waals surface area (Å²) in [6.07, 6.45) is 3.55. The fraction of sp³-hybridized carbons (Fsp3) is 0.333. The molecular formula is C12H17N3O. The molecule has 0 spiro atoms. The fourth-order valence-corrected chi connectivity index (χ4v) is 1.35. The van der Waals surface area contributed by atoms with E-state index in [0.29, 0.717) is 18.7 Å². The van der Waals surface area contributed by atoms with Crippen LogP contribution in [-0.4, -0.2) is 15.5 Å². The zero-order valence-electron chi connectivity index (χ0n) is 9.79. The van der Waals surface area contributed by atoms with Gasteiger partial charge in [-0.2, -0.15) is 0 Å². The Bertz CT molecular complexity index is 418. The smallest absolute Gasteiger partial charge is 0.246 e. The molecule has 0 unspecified atom stereocenters. The molecule has 0 bridgehead atoms. The number of aryl methyl sites for hydroxylation is 1. The summed E-state index contributed by atoms with van der Waals surface area (Å²) in [5.74, 6) is -0.134. The second kappa shape index (κ2) is 5.30. The third kappa shape index (κ3) is 2.82. The molecule has 0 saturated heterocycles. The molecular weight excluding hydrogens is 202 g/mol. The van der Waals surface area contributed by atoms with Gasteiger partial charge in [-0.3, -0.25) is 4.79 Å². The molecule has 0 aromatic carbocycles. The van der Waals surface area contributed by atoms with E-state index in [4.69, 9.17) is 0 Å². The molecule has 0 saturated carbocycles. The molecule has 1 rings (SSSR count). The zero-order valence-corrected chi connectivity index (χ0v) is 9.79. The summed E-state index contributed by atoms with van der Waals surface area (Å²) >= 11 is 0. The predicted molar refractivity (Wildman–Crippen MR) is 63.8 cm³/mol. The predicted octanol–water partition coefficient (Wildman–Crippen LogP) is 1.57. The Morgan fingerprint density at radius 2 is 2.38 bits per heavy atom. The maximum absolute atomic E-state index is 11.4. The van der Waals surface area contributed by atoms with Gasteiger partial charge in [-0.1, -0.05) is 12.7 Å². The molecule has 1 N–H and O–H groups in total. The van der Waals surface area contributed by atoms with Crippen molar-refractivity contribution in [1.82, 2.24) is 14.9 Å². The van der Waals surface area contributed by atoms with Crippen molar-refractivity contribution in [2.45, 2.75) is 26.9 Å². The van der Waals surface area contributed by atoms with Crippen LogP contribution in [0.5, 0.6) is 0 Å². The Morgan fingerprint density at radius 1 is 1.69 bits per heavy atom. The van der Waals surface area contributed by atoms with Crippen molar-refractivity contribution in [3.8, 4) is 0 Å². The Hall–Kier alpha value is -1.84. The van der Waals surface area contributed by atoms with Crippen molar-refractivity contribution in [2.75, 3.05) is 0 Å². The maximum Gasteiger partial charge on any atom is 0.246 e. The molecule has 4 nitrogen and oxygen atoms in total. The SMILES string of the molecule is C=CCn1cnc(C)c1CNC(=O)C(=C)C. The highest BCUT2D eigenvalue weighted by atomic mass is 16.1. The first-order valence-electron chi connectivity index (χ1n) is 5.11. The Labute approximate surface area is 95.7 Å². The lowest BCUT2D eigenvalue weighted by molar-refractivity contribution is -0.117. The van der Waals surface area contributed by atoms with Crippen LogP contribution in [0, 0.1) is 6.92 Å². The highest BCUT2D eigenvalue weighted by molar-refractivity contribution is 5.91. The summed E-state index contributed by atoms with van der Waals surface area (Å²) in [5.41, 5.74) is 2.42. The van der Waals surface area contributed by atoms with E-state index in [1.807, 2.05) is 11.5 Å². The number of aromatic nitrogens is 2. The molecule has 0 aliphatic heterocycles. The number of nitrogens with one attached hydrogen (secondary N) is 1. The van der Waals surface area contributed by atoms with Crippen LogP contribution >= 0.6 is 0 Å². The van der Waals surface area contributed by atoms with Crippen LogP contribution in [0.3, 0.4) is 0 Å². The number of hydrogen-bond acceptors (Lipinski definition) is 2. The number of allylic oxidation sites excluding steroid dienone is 1. The van der Waals surface area contributed by atoms with Crippen LogP contribution in [-0.2, 0) is 17.9 Å². The standard InChI is InChI=1S/C12H17N3O/c1-5-6-15-8-14-10(4)11(15)7-13-12(16)9(2)3/h5,8H,1-2,6-7H2,3-4H3,(H,13,16). The Balaban J connectivity index is 2.72. The molecule has 1 aromatic rings. The van der Waals surface area contributed by atoms with Crippen molar-refractivity contribution in [1.29, 1.82) is 0 Å². The molecule has 1 amide bonds. The topological polar surface area (TPSA) is 46.9 Å². The van der Waals surface area contributed by atoms with Gasteiger partial charge in [0, 0.05) is 12.1 Å². The lowest BCUT2D eigenvalue weighted by atomic mass is 10.3. The third-order valence-corrected chi connectivity index (χ3v) is 2.28. The van der Waals surface area contributed by atoms with Gasteiger partial charge in [0.05, 0.1) is 24.3 Å². The van der Waals surface area contributed by atoms with E-state index in [1.54, 1.807) is 19.3 Å². The fourth-order valence-electron chi connectivity index (χ4n) is 1.35. The zero-order chi connectivity index (χ0) is 12.1. The van der Waals surface area contributed by atoms with E-state index in [-0.39, 0.29) is 5.91 Å². The number of nitrogens with zero attached hydrogens (tertiary/aromatic N) is 2. The van der Waals surface area contributed by atoms with Crippen molar-refractivity contribution in [3.05, 3.63) is 42.5 Å². The summed E-state index contributed by atoms with van der Waals surface area (Å²) in [5, 5.41) is 2.79. The van der Waals surface area contributed by atoms with Crippen LogP contribution in [0.4, 0.5) is 0 Å².